The first-order chi connectivity index (χ1) is 15.3. The molecule has 1 aromatic carbocycles. The maximum Gasteiger partial charge on any atom is 0.254 e. The fourth-order valence-electron chi connectivity index (χ4n) is 4.14. The van der Waals surface area contributed by atoms with Crippen LogP contribution in [0, 0.1) is 5.92 Å². The summed E-state index contributed by atoms with van der Waals surface area (Å²) in [5.74, 6) is 0.0453. The minimum atomic E-state index is -1.30. The van der Waals surface area contributed by atoms with Crippen LogP contribution in [0.4, 0.5) is 0 Å². The Bertz CT molecular complexity index is 900. The lowest BCUT2D eigenvalue weighted by molar-refractivity contribution is -0.161. The number of hydrogen-bond donors (Lipinski definition) is 1. The van der Waals surface area contributed by atoms with Crippen molar-refractivity contribution in [3.05, 3.63) is 27.2 Å². The smallest absolute Gasteiger partial charge is 0.254 e. The van der Waals surface area contributed by atoms with Crippen LogP contribution in [0.15, 0.2) is 16.6 Å². The summed E-state index contributed by atoms with van der Waals surface area (Å²) in [6.45, 7) is 10.9. The Morgan fingerprint density at radius 2 is 1.97 bits per heavy atom. The predicted octanol–water partition coefficient (Wildman–Crippen LogP) is 4.59. The molecule has 0 saturated carbocycles. The van der Waals surface area contributed by atoms with E-state index in [2.05, 4.69) is 20.7 Å². The zero-order valence-corrected chi connectivity index (χ0v) is 23.2. The molecule has 2 aliphatic heterocycles. The van der Waals surface area contributed by atoms with Crippen molar-refractivity contribution >= 4 is 44.4 Å². The SMILES string of the molecule is COc1cc(Br)c(Cl)cc1C(NS(=O)C(C)(C)C)C1CCN(C(=O)[C@H]2COC(C)(C)O2)CC1. The van der Waals surface area contributed by atoms with Crippen LogP contribution in [0.3, 0.4) is 0 Å². The Hall–Kier alpha value is -0.710. The Morgan fingerprint density at radius 1 is 1.33 bits per heavy atom. The maximum absolute atomic E-state index is 13.1. The van der Waals surface area contributed by atoms with E-state index in [-0.39, 0.29) is 24.5 Å². The van der Waals surface area contributed by atoms with Gasteiger partial charge in [-0.15, -0.1) is 0 Å². The number of halogens is 2. The van der Waals surface area contributed by atoms with Crippen LogP contribution >= 0.6 is 27.5 Å². The average molecular weight is 566 g/mol. The Kier molecular flexibility index (Phi) is 8.55. The van der Waals surface area contributed by atoms with Gasteiger partial charge in [0, 0.05) is 23.1 Å². The van der Waals surface area contributed by atoms with Crippen molar-refractivity contribution in [1.82, 2.24) is 9.62 Å². The summed E-state index contributed by atoms with van der Waals surface area (Å²) in [5.41, 5.74) is 0.863. The van der Waals surface area contributed by atoms with E-state index < -0.39 is 27.6 Å². The molecule has 1 N–H and O–H groups in total. The Balaban J connectivity index is 1.79. The number of likely N-dealkylation sites (tertiary alicyclic amines) is 1. The summed E-state index contributed by atoms with van der Waals surface area (Å²) in [5, 5.41) is 0.563. The maximum atomic E-state index is 13.1. The highest BCUT2D eigenvalue weighted by molar-refractivity contribution is 9.10. The molecule has 2 saturated heterocycles. The van der Waals surface area contributed by atoms with E-state index in [0.29, 0.717) is 23.9 Å². The molecular weight excluding hydrogens is 532 g/mol. The van der Waals surface area contributed by atoms with Gasteiger partial charge < -0.3 is 19.1 Å². The molecule has 2 unspecified atom stereocenters. The second-order valence-corrected chi connectivity index (χ2v) is 13.2. The molecule has 186 valence electrons. The molecule has 2 fully saturated rings. The zero-order valence-electron chi connectivity index (χ0n) is 20.1. The lowest BCUT2D eigenvalue weighted by atomic mass is 9.85. The van der Waals surface area contributed by atoms with Crippen LogP contribution in [0.5, 0.6) is 5.75 Å². The van der Waals surface area contributed by atoms with Crippen LogP contribution in [0.1, 0.15) is 59.1 Å². The molecule has 0 aromatic heterocycles. The number of benzene rings is 1. The number of carbonyl (C=O) groups is 1. The van der Waals surface area contributed by atoms with E-state index in [0.717, 1.165) is 22.9 Å². The van der Waals surface area contributed by atoms with Gasteiger partial charge in [0.15, 0.2) is 11.9 Å². The van der Waals surface area contributed by atoms with Gasteiger partial charge in [0.2, 0.25) is 0 Å². The summed E-state index contributed by atoms with van der Waals surface area (Å²) in [7, 11) is 0.317. The van der Waals surface area contributed by atoms with Crippen LogP contribution in [-0.4, -0.2) is 58.5 Å². The summed E-state index contributed by atoms with van der Waals surface area (Å²) >= 11 is 9.88. The number of rotatable bonds is 6. The second-order valence-electron chi connectivity index (χ2n) is 9.96. The monoisotopic (exact) mass is 564 g/mol. The average Bonchev–Trinajstić information content (AvgIpc) is 3.12. The second kappa shape index (κ2) is 10.5. The molecule has 10 heteroatoms. The van der Waals surface area contributed by atoms with E-state index in [4.69, 9.17) is 25.8 Å². The normalized spacial score (nSPS) is 23.4. The summed E-state index contributed by atoms with van der Waals surface area (Å²) in [4.78, 5) is 14.8. The largest absolute Gasteiger partial charge is 0.496 e. The van der Waals surface area contributed by atoms with Gasteiger partial charge in [0.25, 0.3) is 5.91 Å². The highest BCUT2D eigenvalue weighted by Crippen LogP contribution is 2.40. The lowest BCUT2D eigenvalue weighted by Gasteiger charge is -2.38. The van der Waals surface area contributed by atoms with Gasteiger partial charge in [-0.3, -0.25) is 4.79 Å². The number of carbonyl (C=O) groups excluding carboxylic acids is 1. The van der Waals surface area contributed by atoms with Crippen molar-refractivity contribution in [3.8, 4) is 5.75 Å². The van der Waals surface area contributed by atoms with Crippen molar-refractivity contribution < 1.29 is 23.2 Å². The lowest BCUT2D eigenvalue weighted by Crippen LogP contribution is -2.47. The van der Waals surface area contributed by atoms with Gasteiger partial charge in [0.05, 0.1) is 40.5 Å². The highest BCUT2D eigenvalue weighted by atomic mass is 79.9. The molecular formula is C23H34BrClN2O5S. The van der Waals surface area contributed by atoms with E-state index in [1.807, 2.05) is 51.7 Å². The molecule has 0 spiro atoms. The number of nitrogens with one attached hydrogen (secondary N) is 1. The third-order valence-corrected chi connectivity index (χ3v) is 8.78. The fraction of sp³-hybridized carbons (Fsp3) is 0.696. The van der Waals surface area contributed by atoms with Crippen LogP contribution < -0.4 is 9.46 Å². The highest BCUT2D eigenvalue weighted by Gasteiger charge is 2.41. The number of ether oxygens (including phenoxy) is 3. The predicted molar refractivity (Wildman–Crippen MR) is 134 cm³/mol. The summed E-state index contributed by atoms with van der Waals surface area (Å²) < 4.78 is 33.7. The number of piperidine rings is 1. The summed E-state index contributed by atoms with van der Waals surface area (Å²) in [6.07, 6.45) is 0.932. The first-order valence-electron chi connectivity index (χ1n) is 11.1. The molecule has 33 heavy (non-hydrogen) atoms. The molecule has 3 rings (SSSR count). The van der Waals surface area contributed by atoms with Crippen molar-refractivity contribution in [1.29, 1.82) is 0 Å². The molecule has 0 bridgehead atoms. The number of nitrogens with zero attached hydrogens (tertiary/aromatic N) is 1. The molecule has 7 nitrogen and oxygen atoms in total. The first kappa shape index (κ1) is 26.9. The van der Waals surface area contributed by atoms with Gasteiger partial charge in [-0.25, -0.2) is 8.93 Å². The van der Waals surface area contributed by atoms with Crippen LogP contribution in [0.2, 0.25) is 5.02 Å². The Morgan fingerprint density at radius 3 is 2.48 bits per heavy atom. The molecule has 2 heterocycles. The van der Waals surface area contributed by atoms with Crippen molar-refractivity contribution in [2.45, 2.75) is 70.1 Å². The van der Waals surface area contributed by atoms with E-state index in [9.17, 15) is 9.00 Å². The van der Waals surface area contributed by atoms with Crippen molar-refractivity contribution in [2.75, 3.05) is 26.8 Å². The van der Waals surface area contributed by atoms with Crippen LogP contribution in [-0.2, 0) is 25.3 Å². The molecule has 3 atom stereocenters. The fourth-order valence-corrected chi connectivity index (χ4v) is 5.53. The number of hydrogen-bond acceptors (Lipinski definition) is 5. The van der Waals surface area contributed by atoms with Gasteiger partial charge in [-0.05, 0) is 81.4 Å². The van der Waals surface area contributed by atoms with Gasteiger partial charge in [-0.2, -0.15) is 0 Å². The number of methoxy groups -OCH3 is 1. The molecule has 2 aliphatic rings. The zero-order chi connectivity index (χ0) is 24.6. The third-order valence-electron chi connectivity index (χ3n) is 6.00. The van der Waals surface area contributed by atoms with Crippen LogP contribution in [0.25, 0.3) is 0 Å². The molecule has 0 radical (unpaired) electrons. The van der Waals surface area contributed by atoms with Gasteiger partial charge in [-0.1, -0.05) is 11.6 Å². The minimum Gasteiger partial charge on any atom is -0.496 e. The van der Waals surface area contributed by atoms with Gasteiger partial charge >= 0.3 is 0 Å². The van der Waals surface area contributed by atoms with E-state index >= 15 is 0 Å². The minimum absolute atomic E-state index is 0.0360. The molecule has 1 aromatic rings. The van der Waals surface area contributed by atoms with Crippen molar-refractivity contribution in [2.24, 2.45) is 5.92 Å². The molecule has 1 amide bonds. The van der Waals surface area contributed by atoms with E-state index in [1.165, 1.54) is 0 Å². The standard InChI is InChI=1S/C23H34BrClN2O5S/c1-22(2,3)33(29)26-20(15-11-17(25)16(24)12-18(15)30-6)14-7-9-27(10-8-14)21(28)19-13-31-23(4,5)32-19/h11-12,14,19-20,26H,7-10,13H2,1-6H3/t19-,20?,33?/m1/s1. The number of amides is 1. The quantitative estimate of drug-likeness (QED) is 0.546. The van der Waals surface area contributed by atoms with Crippen molar-refractivity contribution in [3.63, 3.8) is 0 Å². The summed E-state index contributed by atoms with van der Waals surface area (Å²) in [6, 6.07) is 3.46. The van der Waals surface area contributed by atoms with Gasteiger partial charge in [0.1, 0.15) is 5.75 Å². The molecule has 0 aliphatic carbocycles. The topological polar surface area (TPSA) is 77.1 Å². The Labute approximate surface area is 212 Å². The third kappa shape index (κ3) is 6.49. The van der Waals surface area contributed by atoms with E-state index in [1.54, 1.807) is 7.11 Å². The first-order valence-corrected chi connectivity index (χ1v) is 13.5.